The summed E-state index contributed by atoms with van der Waals surface area (Å²) in [6.45, 7) is 0.198. The molecule has 2 aliphatic rings. The summed E-state index contributed by atoms with van der Waals surface area (Å²) < 4.78 is 55.1. The van der Waals surface area contributed by atoms with E-state index in [0.717, 1.165) is 18.8 Å². The first-order chi connectivity index (χ1) is 19.7. The van der Waals surface area contributed by atoms with Crippen molar-refractivity contribution in [2.45, 2.75) is 122 Å². The van der Waals surface area contributed by atoms with Crippen LogP contribution in [0.1, 0.15) is 109 Å². The van der Waals surface area contributed by atoms with E-state index in [2.05, 4.69) is 4.98 Å². The summed E-state index contributed by atoms with van der Waals surface area (Å²) >= 11 is 0. The van der Waals surface area contributed by atoms with E-state index in [-0.39, 0.29) is 49.9 Å². The van der Waals surface area contributed by atoms with Gasteiger partial charge < -0.3 is 19.5 Å². The van der Waals surface area contributed by atoms with E-state index in [0.29, 0.717) is 6.42 Å². The predicted molar refractivity (Wildman–Crippen MR) is 163 cm³/mol. The maximum absolute atomic E-state index is 12.7. The van der Waals surface area contributed by atoms with Crippen LogP contribution in [-0.4, -0.2) is 55.1 Å². The van der Waals surface area contributed by atoms with Gasteiger partial charge in [0, 0.05) is 6.20 Å². The number of nitrogens with zero attached hydrogens (tertiary/aromatic N) is 2. The largest absolute Gasteiger partial charge is 0.383 e. The monoisotopic (exact) mass is 617 g/mol. The van der Waals surface area contributed by atoms with Gasteiger partial charge in [0.05, 0.1) is 31.3 Å². The Bertz CT molecular complexity index is 1080. The first-order valence-corrected chi connectivity index (χ1v) is 19.3. The minimum absolute atomic E-state index is 0.00409. The normalized spacial score (nSPS) is 21.6. The van der Waals surface area contributed by atoms with Crippen molar-refractivity contribution in [1.82, 2.24) is 9.55 Å². The fourth-order valence-electron chi connectivity index (χ4n) is 5.35. The lowest BCUT2D eigenvalue weighted by atomic mass is 9.81. The van der Waals surface area contributed by atoms with Gasteiger partial charge in [0.15, 0.2) is 0 Å². The zero-order valence-corrected chi connectivity index (χ0v) is 26.5. The molecule has 1 saturated carbocycles. The highest BCUT2D eigenvalue weighted by Crippen LogP contribution is 2.51. The van der Waals surface area contributed by atoms with Crippen molar-refractivity contribution in [3.05, 3.63) is 22.7 Å². The third-order valence-electron chi connectivity index (χ3n) is 8.15. The Kier molecular flexibility index (Phi) is 15.4. The van der Waals surface area contributed by atoms with E-state index in [1.165, 1.54) is 100 Å². The summed E-state index contributed by atoms with van der Waals surface area (Å²) in [4.78, 5) is 15.5. The molecule has 1 aliphatic heterocycles. The van der Waals surface area contributed by atoms with Crippen LogP contribution < -0.4 is 11.4 Å². The molecule has 0 bridgehead atoms. The summed E-state index contributed by atoms with van der Waals surface area (Å²) in [6.07, 6.45) is 21.6. The van der Waals surface area contributed by atoms with Gasteiger partial charge in [-0.05, 0) is 24.8 Å². The van der Waals surface area contributed by atoms with E-state index in [1.54, 1.807) is 0 Å². The van der Waals surface area contributed by atoms with Crippen LogP contribution in [0.5, 0.6) is 0 Å². The van der Waals surface area contributed by atoms with Gasteiger partial charge >= 0.3 is 13.3 Å². The van der Waals surface area contributed by atoms with Crippen molar-refractivity contribution < 1.29 is 26.8 Å². The first-order valence-electron chi connectivity index (χ1n) is 15.8. The Balaban J connectivity index is 1.11. The molecular formula is C29H52N3O7PS. The van der Waals surface area contributed by atoms with E-state index in [1.807, 2.05) is 0 Å². The van der Waals surface area contributed by atoms with Gasteiger partial charge in [-0.1, -0.05) is 96.3 Å². The Morgan fingerprint density at radius 3 is 2.12 bits per heavy atom. The highest BCUT2D eigenvalue weighted by molar-refractivity contribution is 7.91. The third kappa shape index (κ3) is 14.2. The number of ether oxygens (including phenoxy) is 1. The number of hydrogen-bond acceptors (Lipinski definition) is 9. The molecule has 1 saturated heterocycles. The van der Waals surface area contributed by atoms with Gasteiger partial charge in [-0.2, -0.15) is 4.98 Å². The molecule has 10 nitrogen and oxygen atoms in total. The Hall–Kier alpha value is -1.26. The molecule has 12 heteroatoms. The van der Waals surface area contributed by atoms with Crippen molar-refractivity contribution in [3.63, 3.8) is 0 Å². The molecule has 1 unspecified atom stereocenters. The quantitative estimate of drug-likeness (QED) is 0.121. The minimum atomic E-state index is -3.45. The molecule has 41 heavy (non-hydrogen) atoms. The molecule has 2 fully saturated rings. The Morgan fingerprint density at radius 1 is 0.951 bits per heavy atom. The van der Waals surface area contributed by atoms with Crippen LogP contribution in [0.25, 0.3) is 0 Å². The van der Waals surface area contributed by atoms with Crippen LogP contribution in [0, 0.1) is 5.92 Å². The molecular weight excluding hydrogens is 565 g/mol. The van der Waals surface area contributed by atoms with E-state index >= 15 is 0 Å². The van der Waals surface area contributed by atoms with Crippen LogP contribution in [0.2, 0.25) is 0 Å². The minimum Gasteiger partial charge on any atom is -0.383 e. The number of hydrogen-bond donors (Lipinski definition) is 1. The standard InChI is InChI=1S/C29H52N3O7PS/c30-28-18-19-32(29(33)31-28)23-27-24-39-40(34,25-37-27)38-20-14-22-41(35,36)21-12-10-8-6-4-2-1-3-5-7-9-11-15-26-16-13-17-26/h18-19,26-27H,1-17,20-25H2,(H2,30,31,33)/t27-,40?/m0/s1. The lowest BCUT2D eigenvalue weighted by Gasteiger charge is -2.29. The van der Waals surface area contributed by atoms with Gasteiger partial charge in [-0.15, -0.1) is 0 Å². The third-order valence-corrected chi connectivity index (χ3v) is 11.6. The van der Waals surface area contributed by atoms with Gasteiger partial charge in [-0.25, -0.2) is 13.2 Å². The number of unbranched alkanes of at least 4 members (excludes halogenated alkanes) is 11. The van der Waals surface area contributed by atoms with Gasteiger partial charge in [0.2, 0.25) is 0 Å². The smallest absolute Gasteiger partial charge is 0.356 e. The Labute approximate surface area is 246 Å². The molecule has 2 heterocycles. The highest BCUT2D eigenvalue weighted by Gasteiger charge is 2.33. The molecule has 0 aromatic carbocycles. The zero-order chi connectivity index (χ0) is 29.4. The van der Waals surface area contributed by atoms with Crippen molar-refractivity contribution in [3.8, 4) is 0 Å². The fourth-order valence-corrected chi connectivity index (χ4v) is 8.17. The summed E-state index contributed by atoms with van der Waals surface area (Å²) in [6, 6.07) is 1.51. The fraction of sp³-hybridized carbons (Fsp3) is 0.862. The van der Waals surface area contributed by atoms with Crippen LogP contribution in [0.3, 0.4) is 0 Å². The number of rotatable bonds is 22. The molecule has 0 radical (unpaired) electrons. The van der Waals surface area contributed by atoms with Crippen LogP contribution in [-0.2, 0) is 34.7 Å². The molecule has 3 rings (SSSR count). The SMILES string of the molecule is Nc1ccn(C[C@H]2COP(=O)(OCCCS(=O)(=O)CCCCCCCCCCCCCCC3CCC3)CO2)c(=O)n1. The van der Waals surface area contributed by atoms with Crippen molar-refractivity contribution in [1.29, 1.82) is 0 Å². The molecule has 2 N–H and O–H groups in total. The van der Waals surface area contributed by atoms with Crippen LogP contribution in [0.15, 0.2) is 17.1 Å². The average molecular weight is 618 g/mol. The van der Waals surface area contributed by atoms with Gasteiger partial charge in [-0.3, -0.25) is 9.13 Å². The van der Waals surface area contributed by atoms with Crippen molar-refractivity contribution >= 4 is 23.3 Å². The molecule has 1 aromatic rings. The lowest BCUT2D eigenvalue weighted by molar-refractivity contribution is -0.0144. The van der Waals surface area contributed by atoms with Crippen molar-refractivity contribution in [2.24, 2.45) is 5.92 Å². The molecule has 0 spiro atoms. The molecule has 2 atom stereocenters. The Morgan fingerprint density at radius 2 is 1.56 bits per heavy atom. The maximum atomic E-state index is 12.7. The maximum Gasteiger partial charge on any atom is 0.356 e. The summed E-state index contributed by atoms with van der Waals surface area (Å²) in [7, 11) is -6.61. The molecule has 1 aliphatic carbocycles. The van der Waals surface area contributed by atoms with Gasteiger partial charge in [0.1, 0.15) is 28.1 Å². The van der Waals surface area contributed by atoms with E-state index in [9.17, 15) is 17.8 Å². The second kappa shape index (κ2) is 18.4. The van der Waals surface area contributed by atoms with Crippen LogP contribution in [0.4, 0.5) is 5.82 Å². The first kappa shape index (κ1) is 34.2. The van der Waals surface area contributed by atoms with Crippen molar-refractivity contribution in [2.75, 3.05) is 36.8 Å². The zero-order valence-electron chi connectivity index (χ0n) is 24.8. The average Bonchev–Trinajstić information content (AvgIpc) is 2.91. The predicted octanol–water partition coefficient (Wildman–Crippen LogP) is 6.08. The number of nitrogens with two attached hydrogens (primary N) is 1. The topological polar surface area (TPSA) is 140 Å². The van der Waals surface area contributed by atoms with Gasteiger partial charge in [0.25, 0.3) is 0 Å². The highest BCUT2D eigenvalue weighted by atomic mass is 32.2. The van der Waals surface area contributed by atoms with Crippen LogP contribution >= 0.6 is 7.60 Å². The second-order valence-corrected chi connectivity index (χ2v) is 16.1. The number of sulfone groups is 1. The second-order valence-electron chi connectivity index (χ2n) is 11.8. The summed E-state index contributed by atoms with van der Waals surface area (Å²) in [5.74, 6) is 1.38. The number of nitrogen functional groups attached to an aromatic ring is 1. The number of aromatic nitrogens is 2. The van der Waals surface area contributed by atoms with E-state index in [4.69, 9.17) is 19.5 Å². The van der Waals surface area contributed by atoms with E-state index < -0.39 is 29.2 Å². The molecule has 0 amide bonds. The lowest BCUT2D eigenvalue weighted by Crippen LogP contribution is -2.35. The number of anilines is 1. The summed E-state index contributed by atoms with van der Waals surface area (Å²) in [5.41, 5.74) is 4.99. The summed E-state index contributed by atoms with van der Waals surface area (Å²) in [5, 5.41) is 0. The molecule has 236 valence electrons. The molecule has 1 aromatic heterocycles.